The van der Waals surface area contributed by atoms with Gasteiger partial charge in [0, 0.05) is 0 Å². The van der Waals surface area contributed by atoms with E-state index < -0.39 is 0 Å². The van der Waals surface area contributed by atoms with E-state index in [1.165, 1.54) is 28.0 Å². The maximum atomic E-state index is 2.12. The Labute approximate surface area is 94.9 Å². The van der Waals surface area contributed by atoms with Crippen LogP contribution in [0.25, 0.3) is 0 Å². The fraction of sp³-hybridized carbons (Fsp3) is 0. The summed E-state index contributed by atoms with van der Waals surface area (Å²) in [5.41, 5.74) is 0. The second-order valence-electron chi connectivity index (χ2n) is 1.37. The van der Waals surface area contributed by atoms with Gasteiger partial charge >= 0.3 is 58.3 Å². The van der Waals surface area contributed by atoms with Gasteiger partial charge in [-0.15, -0.1) is 0 Å². The summed E-state index contributed by atoms with van der Waals surface area (Å²) in [5, 5.41) is 0. The maximum absolute atomic E-state index is 2.12. The molecule has 0 saturated heterocycles. The van der Waals surface area contributed by atoms with Crippen LogP contribution < -0.4 is 40.5 Å². The first kappa shape index (κ1) is 17.2. The van der Waals surface area contributed by atoms with Crippen LogP contribution in [0, 0.1) is 0 Å². The van der Waals surface area contributed by atoms with Gasteiger partial charge in [-0.05, 0) is 0 Å². The molecule has 0 aliphatic heterocycles. The van der Waals surface area contributed by atoms with E-state index in [1.54, 1.807) is 0 Å². The van der Waals surface area contributed by atoms with Gasteiger partial charge in [-0.2, -0.15) is 0 Å². The third kappa shape index (κ3) is 7.08. The molecular weight excluding hydrogens is 270 g/mol. The average molecular weight is 275 g/mol. The first-order valence-corrected chi connectivity index (χ1v) is 3.39. The normalized spacial score (nSPS) is 6.20. The fourth-order valence-electron chi connectivity index (χ4n) is 0.438. The molecule has 0 spiro atoms. The molecule has 0 fully saturated rings. The molecule has 54 valence electrons. The van der Waals surface area contributed by atoms with Gasteiger partial charge in [0.1, 0.15) is 0 Å². The van der Waals surface area contributed by atoms with E-state index in [0.717, 1.165) is 0 Å². The second kappa shape index (κ2) is 9.97. The topological polar surface area (TPSA) is 0 Å². The molecule has 1 aromatic rings. The number of benzene rings is 1. The van der Waals surface area contributed by atoms with Crippen LogP contribution in [0.2, 0.25) is 0 Å². The van der Waals surface area contributed by atoms with Gasteiger partial charge in [-0.1, -0.05) is 0 Å². The van der Waals surface area contributed by atoms with Crippen molar-refractivity contribution in [3.05, 3.63) is 30.3 Å². The van der Waals surface area contributed by atoms with Crippen molar-refractivity contribution in [3.63, 3.8) is 0 Å². The van der Waals surface area contributed by atoms with Gasteiger partial charge in [0.05, 0.1) is 0 Å². The van der Waals surface area contributed by atoms with Crippen molar-refractivity contribution in [2.45, 2.75) is 0 Å². The van der Waals surface area contributed by atoms with Crippen LogP contribution in [0.5, 0.6) is 0 Å². The second-order valence-corrected chi connectivity index (χ2v) is 2.79. The standard InChI is InChI=1S/C6H5.3ClH.Zr/c1-2-4-6-5-3-1;;;;/h1-5H;3*1H;/q;;;;+3/p-3. The van der Waals surface area contributed by atoms with Crippen LogP contribution in [0.1, 0.15) is 0 Å². The summed E-state index contributed by atoms with van der Waals surface area (Å²) in [6.07, 6.45) is 0. The Morgan fingerprint density at radius 2 is 1.20 bits per heavy atom. The van der Waals surface area contributed by atoms with Crippen LogP contribution in [0.4, 0.5) is 0 Å². The average Bonchev–Trinajstić information content (AvgIpc) is 1.69. The number of hydrogen-bond donors (Lipinski definition) is 0. The molecule has 0 aromatic heterocycles. The molecule has 10 heavy (non-hydrogen) atoms. The minimum atomic E-state index is 0. The van der Waals surface area contributed by atoms with E-state index in [9.17, 15) is 0 Å². The molecule has 0 radical (unpaired) electrons. The van der Waals surface area contributed by atoms with Crippen molar-refractivity contribution >= 4 is 3.27 Å². The molecule has 0 aliphatic rings. The molecule has 1 aromatic carbocycles. The Bertz CT molecular complexity index is 143. The predicted molar refractivity (Wildman–Crippen MR) is 26.1 cm³/mol. The Hall–Kier alpha value is 0.973. The van der Waals surface area contributed by atoms with Crippen LogP contribution in [-0.4, -0.2) is 0 Å². The molecule has 0 aliphatic carbocycles. The van der Waals surface area contributed by atoms with Crippen LogP contribution in [-0.2, 0) is 24.7 Å². The van der Waals surface area contributed by atoms with E-state index >= 15 is 0 Å². The Balaban J connectivity index is -0.000000163. The summed E-state index contributed by atoms with van der Waals surface area (Å²) in [4.78, 5) is 0. The first-order valence-electron chi connectivity index (χ1n) is 2.16. The molecule has 0 nitrogen and oxygen atoms in total. The molecule has 0 atom stereocenters. The molecule has 0 saturated carbocycles. The zero-order chi connectivity index (χ0) is 5.11. The van der Waals surface area contributed by atoms with Crippen LogP contribution in [0.15, 0.2) is 30.3 Å². The third-order valence-corrected chi connectivity index (χ3v) is 1.59. The fourth-order valence-corrected chi connectivity index (χ4v) is 0.911. The van der Waals surface area contributed by atoms with Crippen LogP contribution >= 0.6 is 0 Å². The quantitative estimate of drug-likeness (QED) is 0.441. The summed E-state index contributed by atoms with van der Waals surface area (Å²) < 4.78 is 1.41. The molecule has 0 heterocycles. The van der Waals surface area contributed by atoms with Gasteiger partial charge < -0.3 is 37.2 Å². The van der Waals surface area contributed by atoms with Crippen molar-refractivity contribution in [3.8, 4) is 0 Å². The minimum absolute atomic E-state index is 0. The van der Waals surface area contributed by atoms with Crippen molar-refractivity contribution in [1.82, 2.24) is 0 Å². The van der Waals surface area contributed by atoms with E-state index in [4.69, 9.17) is 0 Å². The van der Waals surface area contributed by atoms with Crippen molar-refractivity contribution in [2.75, 3.05) is 0 Å². The summed E-state index contributed by atoms with van der Waals surface area (Å²) in [6.45, 7) is 0. The van der Waals surface area contributed by atoms with Crippen molar-refractivity contribution in [1.29, 1.82) is 0 Å². The van der Waals surface area contributed by atoms with E-state index in [0.29, 0.717) is 0 Å². The van der Waals surface area contributed by atoms with Gasteiger partial charge in [0.25, 0.3) is 0 Å². The molecule has 0 unspecified atom stereocenters. The van der Waals surface area contributed by atoms with Gasteiger partial charge in [-0.25, -0.2) is 0 Å². The Morgan fingerprint density at radius 1 is 0.800 bits per heavy atom. The molecule has 0 N–H and O–H groups in total. The summed E-state index contributed by atoms with van der Waals surface area (Å²) in [6, 6.07) is 10.4. The number of hydrogen-bond acceptors (Lipinski definition) is 0. The van der Waals surface area contributed by atoms with Gasteiger partial charge in [0.15, 0.2) is 0 Å². The Morgan fingerprint density at radius 3 is 1.40 bits per heavy atom. The molecule has 0 amide bonds. The zero-order valence-corrected chi connectivity index (χ0v) is 9.75. The summed E-state index contributed by atoms with van der Waals surface area (Å²) in [7, 11) is 0. The number of rotatable bonds is 0. The third-order valence-electron chi connectivity index (χ3n) is 0.774. The zero-order valence-electron chi connectivity index (χ0n) is 5.02. The van der Waals surface area contributed by atoms with Crippen molar-refractivity contribution < 1.29 is 61.9 Å². The first-order chi connectivity index (χ1) is 3.39. The van der Waals surface area contributed by atoms with E-state index in [-0.39, 0.29) is 37.2 Å². The van der Waals surface area contributed by atoms with Crippen molar-refractivity contribution in [2.24, 2.45) is 0 Å². The molecule has 4 heteroatoms. The molecule has 0 bridgehead atoms. The van der Waals surface area contributed by atoms with E-state index in [2.05, 4.69) is 24.3 Å². The number of halogens is 3. The van der Waals surface area contributed by atoms with Crippen LogP contribution in [0.3, 0.4) is 0 Å². The SMILES string of the molecule is [Cl-].[Cl-].[Cl-].[Zr+3][c]1ccccc1. The summed E-state index contributed by atoms with van der Waals surface area (Å²) >= 11 is 1.49. The monoisotopic (exact) mass is 272 g/mol. The molecular formula is C6H5Cl3Zr. The molecule has 1 rings (SSSR count). The van der Waals surface area contributed by atoms with Gasteiger partial charge in [-0.3, -0.25) is 0 Å². The Kier molecular flexibility index (Phi) is 17.1. The van der Waals surface area contributed by atoms with Gasteiger partial charge in [0.2, 0.25) is 0 Å². The van der Waals surface area contributed by atoms with E-state index in [1.807, 2.05) is 6.07 Å². The predicted octanol–water partition coefficient (Wildman–Crippen LogP) is -8.13. The summed E-state index contributed by atoms with van der Waals surface area (Å²) in [5.74, 6) is 0.